The van der Waals surface area contributed by atoms with Crippen molar-refractivity contribution in [2.45, 2.75) is 24.3 Å². The van der Waals surface area contributed by atoms with Gasteiger partial charge in [-0.15, -0.1) is 11.3 Å². The van der Waals surface area contributed by atoms with E-state index in [1.54, 1.807) is 72.1 Å². The highest BCUT2D eigenvalue weighted by Crippen LogP contribution is 2.32. The van der Waals surface area contributed by atoms with Crippen LogP contribution in [0, 0.1) is 5.82 Å². The van der Waals surface area contributed by atoms with Gasteiger partial charge in [0.05, 0.1) is 43.8 Å². The van der Waals surface area contributed by atoms with Gasteiger partial charge in [-0.05, 0) is 67.1 Å². The first-order valence-corrected chi connectivity index (χ1v) is 17.7. The van der Waals surface area contributed by atoms with Gasteiger partial charge in [0.1, 0.15) is 30.3 Å². The molecule has 3 heterocycles. The first-order chi connectivity index (χ1) is 22.8. The lowest BCUT2D eigenvalue weighted by Crippen LogP contribution is -2.24. The molecule has 6 aromatic rings. The minimum atomic E-state index is -3.29. The van der Waals surface area contributed by atoms with Crippen LogP contribution in [-0.2, 0) is 22.9 Å². The molecule has 0 aliphatic rings. The van der Waals surface area contributed by atoms with E-state index >= 15 is 0 Å². The Bertz CT molecular complexity index is 2100. The number of aryl methyl sites for hydroxylation is 1. The normalized spacial score (nSPS) is 11.5. The highest BCUT2D eigenvalue weighted by Gasteiger charge is 2.14. The zero-order valence-electron chi connectivity index (χ0n) is 25.1. The second-order valence-electron chi connectivity index (χ2n) is 10.6. The van der Waals surface area contributed by atoms with Crippen LogP contribution in [0.5, 0.6) is 5.75 Å². The molecule has 0 spiro atoms. The van der Waals surface area contributed by atoms with Gasteiger partial charge in [-0.3, -0.25) is 4.98 Å². The Labute approximate surface area is 280 Å². The minimum Gasteiger partial charge on any atom is -0.487 e. The topological polar surface area (TPSA) is 119 Å². The van der Waals surface area contributed by atoms with Gasteiger partial charge in [0.2, 0.25) is 0 Å². The van der Waals surface area contributed by atoms with Crippen molar-refractivity contribution < 1.29 is 17.5 Å². The van der Waals surface area contributed by atoms with E-state index < -0.39 is 9.84 Å². The average Bonchev–Trinajstić information content (AvgIpc) is 3.55. The molecule has 6 rings (SSSR count). The summed E-state index contributed by atoms with van der Waals surface area (Å²) < 4.78 is 44.1. The number of thiazole rings is 1. The number of ether oxygens (including phenoxy) is 1. The zero-order valence-corrected chi connectivity index (χ0v) is 27.5. The molecule has 0 saturated carbocycles. The number of hydrogen-bond acceptors (Lipinski definition) is 10. The minimum absolute atomic E-state index is 0.0530. The number of sulfone groups is 1. The van der Waals surface area contributed by atoms with Crippen LogP contribution in [0.2, 0.25) is 5.02 Å². The molecule has 0 amide bonds. The summed E-state index contributed by atoms with van der Waals surface area (Å²) in [6.45, 7) is 1.26. The smallest absolute Gasteiger partial charge is 0.179 e. The molecule has 0 radical (unpaired) electrons. The molecule has 9 nitrogen and oxygen atoms in total. The number of halogens is 2. The standard InChI is InChI=1S/C34H30ClFN6O3S2/c35-28-17-25(11-12-32(28)45-20-23-6-4-7-24(36)16-23)41-34-27-18-29(38-19-30(27)39-22-40-34)31-21-46-33(42-31)10-5-13-37-14-15-47(43,44)26-8-2-1-3-9-26/h1-4,6-9,11-12,16-19,21-22,37H,5,10,13-15,20H2,(H,39,40,41). The highest BCUT2D eigenvalue weighted by atomic mass is 35.5. The molecule has 0 saturated heterocycles. The molecule has 0 aliphatic heterocycles. The third-order valence-corrected chi connectivity index (χ3v) is 10.1. The maximum absolute atomic E-state index is 13.5. The van der Waals surface area contributed by atoms with Crippen LogP contribution in [-0.4, -0.2) is 47.2 Å². The predicted octanol–water partition coefficient (Wildman–Crippen LogP) is 7.26. The quantitative estimate of drug-likeness (QED) is 0.114. The molecule has 0 fully saturated rings. The molecular formula is C34H30ClFN6O3S2. The summed E-state index contributed by atoms with van der Waals surface area (Å²) in [5.41, 5.74) is 3.53. The molecule has 0 bridgehead atoms. The van der Waals surface area contributed by atoms with Gasteiger partial charge in [0.15, 0.2) is 9.84 Å². The summed E-state index contributed by atoms with van der Waals surface area (Å²) in [5, 5.41) is 10.6. The Balaban J connectivity index is 1.05. The van der Waals surface area contributed by atoms with Gasteiger partial charge < -0.3 is 15.4 Å². The van der Waals surface area contributed by atoms with Gasteiger partial charge in [0.25, 0.3) is 0 Å². The van der Waals surface area contributed by atoms with Crippen molar-refractivity contribution in [2.24, 2.45) is 0 Å². The third-order valence-electron chi connectivity index (χ3n) is 7.21. The zero-order chi connectivity index (χ0) is 32.6. The highest BCUT2D eigenvalue weighted by molar-refractivity contribution is 7.91. The van der Waals surface area contributed by atoms with Crippen molar-refractivity contribution in [3.05, 3.63) is 118 Å². The lowest BCUT2D eigenvalue weighted by Gasteiger charge is -2.12. The summed E-state index contributed by atoms with van der Waals surface area (Å²) >= 11 is 8.07. The van der Waals surface area contributed by atoms with Crippen LogP contribution < -0.4 is 15.4 Å². The fraction of sp³-hybridized carbons (Fsp3) is 0.176. The third kappa shape index (κ3) is 8.46. The Morgan fingerprint density at radius 2 is 1.79 bits per heavy atom. The molecule has 0 unspecified atom stereocenters. The van der Waals surface area contributed by atoms with Crippen LogP contribution in [0.1, 0.15) is 17.0 Å². The summed E-state index contributed by atoms with van der Waals surface area (Å²) in [4.78, 5) is 18.5. The maximum atomic E-state index is 13.5. The summed E-state index contributed by atoms with van der Waals surface area (Å²) in [6, 6.07) is 21.9. The van der Waals surface area contributed by atoms with Crippen LogP contribution in [0.3, 0.4) is 0 Å². The van der Waals surface area contributed by atoms with Crippen LogP contribution in [0.15, 0.2) is 102 Å². The van der Waals surface area contributed by atoms with E-state index in [-0.39, 0.29) is 18.2 Å². The van der Waals surface area contributed by atoms with Crippen molar-refractivity contribution in [1.29, 1.82) is 0 Å². The van der Waals surface area contributed by atoms with Crippen LogP contribution in [0.4, 0.5) is 15.9 Å². The molecule has 47 heavy (non-hydrogen) atoms. The largest absolute Gasteiger partial charge is 0.487 e. The SMILES string of the molecule is O=S(=O)(CCNCCCc1nc(-c2cc3c(Nc4ccc(OCc5cccc(F)c5)c(Cl)c4)ncnc3cn2)cs1)c1ccccc1. The molecule has 13 heteroatoms. The number of rotatable bonds is 14. The maximum Gasteiger partial charge on any atom is 0.179 e. The Hall–Kier alpha value is -4.49. The average molecular weight is 689 g/mol. The number of anilines is 2. The van der Waals surface area contributed by atoms with E-state index in [9.17, 15) is 12.8 Å². The lowest BCUT2D eigenvalue weighted by atomic mass is 10.2. The van der Waals surface area contributed by atoms with Crippen molar-refractivity contribution in [3.8, 4) is 17.1 Å². The number of nitrogens with zero attached hydrogens (tertiary/aromatic N) is 4. The van der Waals surface area contributed by atoms with Crippen molar-refractivity contribution >= 4 is 55.2 Å². The number of nitrogens with one attached hydrogen (secondary N) is 2. The van der Waals surface area contributed by atoms with E-state index in [1.807, 2.05) is 17.5 Å². The number of pyridine rings is 1. The summed E-state index contributed by atoms with van der Waals surface area (Å²) in [5.74, 6) is 0.793. The molecule has 3 aromatic carbocycles. The Morgan fingerprint density at radius 3 is 2.62 bits per heavy atom. The van der Waals surface area contributed by atoms with E-state index in [4.69, 9.17) is 21.3 Å². The number of hydrogen-bond donors (Lipinski definition) is 2. The van der Waals surface area contributed by atoms with Crippen LogP contribution >= 0.6 is 22.9 Å². The first kappa shape index (κ1) is 32.5. The van der Waals surface area contributed by atoms with Gasteiger partial charge >= 0.3 is 0 Å². The van der Waals surface area contributed by atoms with Gasteiger partial charge in [-0.25, -0.2) is 27.8 Å². The molecule has 2 N–H and O–H groups in total. The second kappa shape index (κ2) is 14.9. The molecular weight excluding hydrogens is 659 g/mol. The molecule has 0 aliphatic carbocycles. The summed E-state index contributed by atoms with van der Waals surface area (Å²) in [6.07, 6.45) is 4.74. The van der Waals surface area contributed by atoms with Crippen molar-refractivity contribution in [2.75, 3.05) is 24.2 Å². The molecule has 3 aromatic heterocycles. The number of aromatic nitrogens is 4. The number of fused-ring (bicyclic) bond motifs is 1. The lowest BCUT2D eigenvalue weighted by molar-refractivity contribution is 0.306. The predicted molar refractivity (Wildman–Crippen MR) is 184 cm³/mol. The second-order valence-corrected chi connectivity index (χ2v) is 14.1. The van der Waals surface area contributed by atoms with Gasteiger partial charge in [-0.2, -0.15) is 0 Å². The van der Waals surface area contributed by atoms with Gasteiger partial charge in [0, 0.05) is 29.4 Å². The summed E-state index contributed by atoms with van der Waals surface area (Å²) in [7, 11) is -3.29. The van der Waals surface area contributed by atoms with E-state index in [2.05, 4.69) is 25.6 Å². The fourth-order valence-electron chi connectivity index (χ4n) is 4.80. The number of benzene rings is 3. The monoisotopic (exact) mass is 688 g/mol. The Morgan fingerprint density at radius 1 is 0.915 bits per heavy atom. The van der Waals surface area contributed by atoms with E-state index in [0.29, 0.717) is 57.0 Å². The van der Waals surface area contributed by atoms with E-state index in [1.165, 1.54) is 18.5 Å². The Kier molecular flexibility index (Phi) is 10.3. The molecule has 0 atom stereocenters. The molecule has 240 valence electrons. The fourth-order valence-corrected chi connectivity index (χ4v) is 7.09. The van der Waals surface area contributed by atoms with E-state index in [0.717, 1.165) is 28.9 Å². The first-order valence-electron chi connectivity index (χ1n) is 14.8. The van der Waals surface area contributed by atoms with Crippen molar-refractivity contribution in [3.63, 3.8) is 0 Å². The van der Waals surface area contributed by atoms with Crippen molar-refractivity contribution in [1.82, 2.24) is 25.3 Å². The van der Waals surface area contributed by atoms with Crippen LogP contribution in [0.25, 0.3) is 22.3 Å². The van der Waals surface area contributed by atoms with Gasteiger partial charge in [-0.1, -0.05) is 41.9 Å².